The lowest BCUT2D eigenvalue weighted by atomic mass is 10.2. The number of halogens is 1. The monoisotopic (exact) mass is 185 g/mol. The summed E-state index contributed by atoms with van der Waals surface area (Å²) in [6, 6.07) is 6.83. The van der Waals surface area contributed by atoms with Crippen molar-refractivity contribution >= 4 is 22.7 Å². The van der Waals surface area contributed by atoms with E-state index in [0.717, 1.165) is 5.56 Å². The zero-order valence-electron chi connectivity index (χ0n) is 6.25. The molecule has 0 aliphatic heterocycles. The number of aliphatic hydroxyl groups excluding tert-OH is 1. The summed E-state index contributed by atoms with van der Waals surface area (Å²) in [5.41, 5.74) is 1.32. The van der Waals surface area contributed by atoms with Crippen molar-refractivity contribution in [2.45, 2.75) is 6.61 Å². The molecule has 4 heteroatoms. The fraction of sp³-hybridized carbons (Fsp3) is 0.125. The van der Waals surface area contributed by atoms with Crippen molar-refractivity contribution in [3.8, 4) is 0 Å². The highest BCUT2D eigenvalue weighted by molar-refractivity contribution is 6.65. The molecule has 0 aromatic heterocycles. The number of nitrogens with one attached hydrogen (secondary N) is 1. The summed E-state index contributed by atoms with van der Waals surface area (Å²) < 4.78 is 0. The van der Waals surface area contributed by atoms with Crippen LogP contribution < -0.4 is 5.32 Å². The average Bonchev–Trinajstić information content (AvgIpc) is 2.03. The summed E-state index contributed by atoms with van der Waals surface area (Å²) in [6.07, 6.45) is 0. The zero-order valence-corrected chi connectivity index (χ0v) is 7.01. The molecule has 0 spiro atoms. The van der Waals surface area contributed by atoms with Crippen LogP contribution in [-0.4, -0.2) is 10.5 Å². The van der Waals surface area contributed by atoms with E-state index >= 15 is 0 Å². The summed E-state index contributed by atoms with van der Waals surface area (Å²) >= 11 is 5.10. The molecule has 0 unspecified atom stereocenters. The van der Waals surface area contributed by atoms with Gasteiger partial charge in [-0.05, 0) is 29.3 Å². The first-order valence-corrected chi connectivity index (χ1v) is 3.76. The van der Waals surface area contributed by atoms with Gasteiger partial charge < -0.3 is 10.4 Å². The fourth-order valence-corrected chi connectivity index (χ4v) is 0.970. The molecule has 1 rings (SSSR count). The zero-order chi connectivity index (χ0) is 8.97. The van der Waals surface area contributed by atoms with Crippen molar-refractivity contribution in [1.82, 2.24) is 0 Å². The quantitative estimate of drug-likeness (QED) is 0.547. The minimum absolute atomic E-state index is 0.0496. The second-order valence-electron chi connectivity index (χ2n) is 2.26. The third-order valence-corrected chi connectivity index (χ3v) is 1.45. The number of hydrogen-bond acceptors (Lipinski definition) is 2. The summed E-state index contributed by atoms with van der Waals surface area (Å²) in [7, 11) is 0. The van der Waals surface area contributed by atoms with E-state index in [2.05, 4.69) is 5.32 Å². The van der Waals surface area contributed by atoms with Crippen molar-refractivity contribution in [2.75, 3.05) is 5.32 Å². The van der Waals surface area contributed by atoms with Crippen molar-refractivity contribution in [2.24, 2.45) is 0 Å². The van der Waals surface area contributed by atoms with Gasteiger partial charge in [0.2, 0.25) is 0 Å². The molecule has 12 heavy (non-hydrogen) atoms. The van der Waals surface area contributed by atoms with E-state index in [-0.39, 0.29) is 6.61 Å². The van der Waals surface area contributed by atoms with Crippen LogP contribution in [0.1, 0.15) is 5.56 Å². The van der Waals surface area contributed by atoms with Crippen molar-refractivity contribution in [1.29, 1.82) is 0 Å². The molecule has 0 saturated carbocycles. The molecule has 3 nitrogen and oxygen atoms in total. The topological polar surface area (TPSA) is 49.3 Å². The standard InChI is InChI=1S/C8H8ClNO2/c9-8(12)10-7-3-1-2-6(4-7)5-11/h1-4,11H,5H2,(H,10,12). The fourth-order valence-electron chi connectivity index (χ4n) is 0.861. The Hall–Kier alpha value is -1.06. The van der Waals surface area contributed by atoms with Crippen LogP contribution in [0.15, 0.2) is 24.3 Å². The van der Waals surface area contributed by atoms with Crippen molar-refractivity contribution in [3.05, 3.63) is 29.8 Å². The summed E-state index contributed by atoms with van der Waals surface area (Å²) in [5.74, 6) is 0. The first-order chi connectivity index (χ1) is 5.72. The number of amides is 1. The molecule has 0 radical (unpaired) electrons. The van der Waals surface area contributed by atoms with Crippen LogP contribution in [0, 0.1) is 0 Å². The van der Waals surface area contributed by atoms with Gasteiger partial charge in [0.25, 0.3) is 0 Å². The van der Waals surface area contributed by atoms with E-state index < -0.39 is 5.37 Å². The number of carbonyl (C=O) groups is 1. The van der Waals surface area contributed by atoms with Crippen LogP contribution in [0.4, 0.5) is 10.5 Å². The average molecular weight is 186 g/mol. The van der Waals surface area contributed by atoms with E-state index in [4.69, 9.17) is 16.7 Å². The van der Waals surface area contributed by atoms with Crippen LogP contribution in [0.3, 0.4) is 0 Å². The largest absolute Gasteiger partial charge is 0.392 e. The van der Waals surface area contributed by atoms with Gasteiger partial charge in [-0.2, -0.15) is 0 Å². The Morgan fingerprint density at radius 2 is 2.33 bits per heavy atom. The normalized spacial score (nSPS) is 9.50. The molecular weight excluding hydrogens is 178 g/mol. The second kappa shape index (κ2) is 4.09. The Labute approximate surface area is 75.0 Å². The van der Waals surface area contributed by atoms with Crippen LogP contribution in [0.25, 0.3) is 0 Å². The van der Waals surface area contributed by atoms with Crippen LogP contribution in [0.5, 0.6) is 0 Å². The molecular formula is C8H8ClNO2. The van der Waals surface area contributed by atoms with Crippen LogP contribution in [0.2, 0.25) is 0 Å². The number of hydrogen-bond donors (Lipinski definition) is 2. The highest BCUT2D eigenvalue weighted by Gasteiger charge is 1.97. The van der Waals surface area contributed by atoms with Gasteiger partial charge in [-0.3, -0.25) is 4.79 Å². The number of rotatable bonds is 2. The molecule has 1 amide bonds. The smallest absolute Gasteiger partial charge is 0.318 e. The number of anilines is 1. The number of aliphatic hydroxyl groups is 1. The van der Waals surface area contributed by atoms with Gasteiger partial charge >= 0.3 is 5.37 Å². The van der Waals surface area contributed by atoms with E-state index in [1.807, 2.05) is 0 Å². The van der Waals surface area contributed by atoms with Crippen LogP contribution in [-0.2, 0) is 6.61 Å². The lowest BCUT2D eigenvalue weighted by molar-refractivity contribution is 0.269. The SMILES string of the molecule is O=C(Cl)Nc1cccc(CO)c1. The van der Waals surface area contributed by atoms with Gasteiger partial charge in [0.05, 0.1) is 6.61 Å². The summed E-state index contributed by atoms with van der Waals surface area (Å²) in [5, 5.41) is 10.5. The number of carbonyl (C=O) groups excluding carboxylic acids is 1. The van der Waals surface area contributed by atoms with Crippen molar-refractivity contribution < 1.29 is 9.90 Å². The first kappa shape index (κ1) is 9.03. The third-order valence-electron chi connectivity index (χ3n) is 1.35. The Balaban J connectivity index is 2.79. The molecule has 2 N–H and O–H groups in total. The summed E-state index contributed by atoms with van der Waals surface area (Å²) in [4.78, 5) is 10.4. The van der Waals surface area contributed by atoms with Gasteiger partial charge in [-0.25, -0.2) is 0 Å². The molecule has 0 fully saturated rings. The maximum absolute atomic E-state index is 10.4. The van der Waals surface area contributed by atoms with E-state index in [9.17, 15) is 4.79 Å². The third kappa shape index (κ3) is 2.53. The van der Waals surface area contributed by atoms with Gasteiger partial charge in [-0.1, -0.05) is 12.1 Å². The second-order valence-corrected chi connectivity index (χ2v) is 2.60. The molecule has 1 aromatic rings. The van der Waals surface area contributed by atoms with Crippen molar-refractivity contribution in [3.63, 3.8) is 0 Å². The lowest BCUT2D eigenvalue weighted by Crippen LogP contribution is -2.01. The maximum atomic E-state index is 10.4. The molecule has 0 heterocycles. The molecule has 64 valence electrons. The predicted molar refractivity (Wildman–Crippen MR) is 47.2 cm³/mol. The molecule has 0 aliphatic carbocycles. The molecule has 0 bridgehead atoms. The van der Waals surface area contributed by atoms with E-state index in [0.29, 0.717) is 5.69 Å². The minimum atomic E-state index is -0.634. The van der Waals surface area contributed by atoms with Gasteiger partial charge in [-0.15, -0.1) is 0 Å². The van der Waals surface area contributed by atoms with E-state index in [1.54, 1.807) is 24.3 Å². The Morgan fingerprint density at radius 3 is 2.92 bits per heavy atom. The minimum Gasteiger partial charge on any atom is -0.392 e. The van der Waals surface area contributed by atoms with Gasteiger partial charge in [0.15, 0.2) is 0 Å². The molecule has 0 aliphatic rings. The van der Waals surface area contributed by atoms with Gasteiger partial charge in [0, 0.05) is 5.69 Å². The lowest BCUT2D eigenvalue weighted by Gasteiger charge is -2.01. The Kier molecular flexibility index (Phi) is 3.08. The molecule has 1 aromatic carbocycles. The first-order valence-electron chi connectivity index (χ1n) is 3.38. The molecule has 0 saturated heterocycles. The molecule has 0 atom stereocenters. The Morgan fingerprint density at radius 1 is 1.58 bits per heavy atom. The van der Waals surface area contributed by atoms with Gasteiger partial charge in [0.1, 0.15) is 0 Å². The summed E-state index contributed by atoms with van der Waals surface area (Å²) in [6.45, 7) is -0.0496. The highest BCUT2D eigenvalue weighted by atomic mass is 35.5. The van der Waals surface area contributed by atoms with E-state index in [1.165, 1.54) is 0 Å². The highest BCUT2D eigenvalue weighted by Crippen LogP contribution is 2.10. The predicted octanol–water partition coefficient (Wildman–Crippen LogP) is 1.95. The Bertz CT molecular complexity index is 288. The van der Waals surface area contributed by atoms with Crippen LogP contribution >= 0.6 is 11.6 Å². The maximum Gasteiger partial charge on any atom is 0.318 e. The number of benzene rings is 1.